The second kappa shape index (κ2) is 7.28. The number of hydrogen-bond acceptors (Lipinski definition) is 0. The molecule has 0 nitrogen and oxygen atoms in total. The van der Waals surface area contributed by atoms with Gasteiger partial charge in [0.15, 0.2) is 0 Å². The molecule has 2 rings (SSSR count). The predicted molar refractivity (Wildman–Crippen MR) is 70.4 cm³/mol. The molecule has 0 aromatic heterocycles. The summed E-state index contributed by atoms with van der Waals surface area (Å²) in [6.07, 6.45) is 6.90. The number of rotatable bonds is 0. The highest BCUT2D eigenvalue weighted by molar-refractivity contribution is 5.37. The summed E-state index contributed by atoms with van der Waals surface area (Å²) in [5.74, 6) is 0.611. The van der Waals surface area contributed by atoms with Crippen molar-refractivity contribution in [1.82, 2.24) is 0 Å². The topological polar surface area (TPSA) is 0 Å². The van der Waals surface area contributed by atoms with Crippen LogP contribution < -0.4 is 0 Å². The zero-order chi connectivity index (χ0) is 10.4. The standard InChI is InChI=1S/C11H12.C3H8.CH4/c1-9-5-4-7-10-6-2-3-8-11(9)10;1-3-2;/h2-6,8-9H,7H2,1H3;3H2,1-2H3;1H4. The second-order valence-electron chi connectivity index (χ2n) is 3.83. The van der Waals surface area contributed by atoms with E-state index in [0.717, 1.165) is 6.42 Å². The van der Waals surface area contributed by atoms with Gasteiger partial charge < -0.3 is 0 Å². The molecule has 0 saturated carbocycles. The normalized spacial score (nSPS) is 16.9. The Bertz CT molecular complexity index is 297. The van der Waals surface area contributed by atoms with E-state index in [-0.39, 0.29) is 7.43 Å². The van der Waals surface area contributed by atoms with Gasteiger partial charge in [-0.1, -0.05) is 71.0 Å². The van der Waals surface area contributed by atoms with Crippen LogP contribution in [-0.2, 0) is 6.42 Å². The van der Waals surface area contributed by atoms with Gasteiger partial charge in [0.1, 0.15) is 0 Å². The predicted octanol–water partition coefficient (Wildman–Crippen LogP) is 4.95. The van der Waals surface area contributed by atoms with Crippen molar-refractivity contribution in [3.63, 3.8) is 0 Å². The van der Waals surface area contributed by atoms with Crippen molar-refractivity contribution >= 4 is 0 Å². The Morgan fingerprint density at radius 1 is 1.20 bits per heavy atom. The smallest absolute Gasteiger partial charge is 0.000748 e. The van der Waals surface area contributed by atoms with Crippen molar-refractivity contribution in [2.75, 3.05) is 0 Å². The Morgan fingerprint density at radius 2 is 1.80 bits per heavy atom. The molecule has 1 aromatic rings. The van der Waals surface area contributed by atoms with Gasteiger partial charge in [-0.25, -0.2) is 0 Å². The maximum Gasteiger partial charge on any atom is -0.000748 e. The van der Waals surface area contributed by atoms with Crippen molar-refractivity contribution in [2.24, 2.45) is 0 Å². The fraction of sp³-hybridized carbons (Fsp3) is 0.467. The molecule has 0 spiro atoms. The molecule has 0 fully saturated rings. The summed E-state index contributed by atoms with van der Waals surface area (Å²) in [7, 11) is 0. The molecule has 0 amide bonds. The van der Waals surface area contributed by atoms with Crippen molar-refractivity contribution in [3.05, 3.63) is 47.5 Å². The lowest BCUT2D eigenvalue weighted by Crippen LogP contribution is -2.00. The molecule has 0 N–H and O–H groups in total. The second-order valence-corrected chi connectivity index (χ2v) is 3.83. The van der Waals surface area contributed by atoms with Gasteiger partial charge >= 0.3 is 0 Å². The quantitative estimate of drug-likeness (QED) is 0.524. The van der Waals surface area contributed by atoms with Crippen LogP contribution in [0.15, 0.2) is 36.4 Å². The van der Waals surface area contributed by atoms with Gasteiger partial charge in [0.25, 0.3) is 0 Å². The summed E-state index contributed by atoms with van der Waals surface area (Å²) in [4.78, 5) is 0. The number of allylic oxidation sites excluding steroid dienone is 2. The molecule has 1 aliphatic carbocycles. The van der Waals surface area contributed by atoms with Gasteiger partial charge in [0.05, 0.1) is 0 Å². The van der Waals surface area contributed by atoms with Crippen LogP contribution in [0.25, 0.3) is 0 Å². The fourth-order valence-corrected chi connectivity index (χ4v) is 1.67. The molecule has 1 aliphatic rings. The van der Waals surface area contributed by atoms with E-state index in [4.69, 9.17) is 0 Å². The van der Waals surface area contributed by atoms with Gasteiger partial charge in [-0.2, -0.15) is 0 Å². The van der Waals surface area contributed by atoms with Crippen LogP contribution in [0.1, 0.15) is 51.7 Å². The summed E-state index contributed by atoms with van der Waals surface area (Å²) in [5.41, 5.74) is 2.98. The van der Waals surface area contributed by atoms with Gasteiger partial charge in [0.2, 0.25) is 0 Å². The zero-order valence-corrected chi connectivity index (χ0v) is 9.46. The van der Waals surface area contributed by atoms with E-state index >= 15 is 0 Å². The zero-order valence-electron chi connectivity index (χ0n) is 9.46. The molecule has 0 heterocycles. The maximum absolute atomic E-state index is 2.28. The molecule has 1 unspecified atom stereocenters. The molecule has 0 saturated heterocycles. The third kappa shape index (κ3) is 3.91. The Balaban J connectivity index is 0.000000443. The highest BCUT2D eigenvalue weighted by Gasteiger charge is 2.09. The Morgan fingerprint density at radius 3 is 2.40 bits per heavy atom. The molecule has 15 heavy (non-hydrogen) atoms. The monoisotopic (exact) mass is 204 g/mol. The van der Waals surface area contributed by atoms with Crippen LogP contribution in [0.2, 0.25) is 0 Å². The van der Waals surface area contributed by atoms with Crippen LogP contribution >= 0.6 is 0 Å². The van der Waals surface area contributed by atoms with Gasteiger partial charge in [-0.3, -0.25) is 0 Å². The van der Waals surface area contributed by atoms with E-state index in [1.807, 2.05) is 0 Å². The summed E-state index contributed by atoms with van der Waals surface area (Å²) >= 11 is 0. The van der Waals surface area contributed by atoms with Gasteiger partial charge in [-0.05, 0) is 23.5 Å². The lowest BCUT2D eigenvalue weighted by Gasteiger charge is -2.16. The minimum absolute atomic E-state index is 0. The first-order valence-corrected chi connectivity index (χ1v) is 5.54. The molecular formula is C15H24. The molecular weight excluding hydrogens is 180 g/mol. The summed E-state index contributed by atoms with van der Waals surface area (Å²) in [6, 6.07) is 8.68. The van der Waals surface area contributed by atoms with Crippen molar-refractivity contribution in [3.8, 4) is 0 Å². The largest absolute Gasteiger partial charge is 0.0835 e. The van der Waals surface area contributed by atoms with Crippen LogP contribution in [-0.4, -0.2) is 0 Å². The van der Waals surface area contributed by atoms with Crippen molar-refractivity contribution in [1.29, 1.82) is 0 Å². The summed E-state index contributed by atoms with van der Waals surface area (Å²) in [6.45, 7) is 6.49. The molecule has 1 aromatic carbocycles. The maximum atomic E-state index is 2.28. The van der Waals surface area contributed by atoms with Crippen LogP contribution in [0.4, 0.5) is 0 Å². The Kier molecular flexibility index (Phi) is 6.77. The first-order chi connectivity index (χ1) is 6.79. The van der Waals surface area contributed by atoms with E-state index < -0.39 is 0 Å². The molecule has 0 radical (unpaired) electrons. The minimum atomic E-state index is 0. The third-order valence-electron chi connectivity index (χ3n) is 2.31. The molecule has 0 aliphatic heterocycles. The molecule has 0 heteroatoms. The number of hydrogen-bond donors (Lipinski definition) is 0. The van der Waals surface area contributed by atoms with Crippen LogP contribution in [0.5, 0.6) is 0 Å². The van der Waals surface area contributed by atoms with Crippen LogP contribution in [0, 0.1) is 0 Å². The van der Waals surface area contributed by atoms with Gasteiger partial charge in [0, 0.05) is 0 Å². The van der Waals surface area contributed by atoms with E-state index in [1.165, 1.54) is 17.5 Å². The lowest BCUT2D eigenvalue weighted by atomic mass is 9.89. The summed E-state index contributed by atoms with van der Waals surface area (Å²) in [5, 5.41) is 0. The average Bonchev–Trinajstić information content (AvgIpc) is 2.20. The van der Waals surface area contributed by atoms with E-state index in [1.54, 1.807) is 0 Å². The number of benzene rings is 1. The highest BCUT2D eigenvalue weighted by atomic mass is 14.1. The lowest BCUT2D eigenvalue weighted by molar-refractivity contribution is 0.908. The third-order valence-corrected chi connectivity index (χ3v) is 2.31. The van der Waals surface area contributed by atoms with E-state index in [2.05, 4.69) is 57.2 Å². The molecule has 84 valence electrons. The van der Waals surface area contributed by atoms with Crippen molar-refractivity contribution < 1.29 is 0 Å². The van der Waals surface area contributed by atoms with E-state index in [0.29, 0.717) is 5.92 Å². The van der Waals surface area contributed by atoms with Crippen LogP contribution in [0.3, 0.4) is 0 Å². The number of fused-ring (bicyclic) bond motifs is 1. The van der Waals surface area contributed by atoms with Crippen molar-refractivity contribution in [2.45, 2.75) is 47.0 Å². The summed E-state index contributed by atoms with van der Waals surface area (Å²) < 4.78 is 0. The highest BCUT2D eigenvalue weighted by Crippen LogP contribution is 2.25. The minimum Gasteiger partial charge on any atom is -0.0835 e. The first kappa shape index (κ1) is 14.0. The molecule has 1 atom stereocenters. The van der Waals surface area contributed by atoms with E-state index in [9.17, 15) is 0 Å². The average molecular weight is 204 g/mol. The SMILES string of the molecule is C.CC1C=CCc2ccccc21.CCC. The van der Waals surface area contributed by atoms with Gasteiger partial charge in [-0.15, -0.1) is 0 Å². The molecule has 0 bridgehead atoms. The Labute approximate surface area is 95.0 Å². The first-order valence-electron chi connectivity index (χ1n) is 5.54. The fourth-order valence-electron chi connectivity index (χ4n) is 1.67. The Hall–Kier alpha value is -1.04.